The molecule has 0 N–H and O–H groups in total. The number of hydrogen-bond acceptors (Lipinski definition) is 4. The van der Waals surface area contributed by atoms with Crippen molar-refractivity contribution in [3.8, 4) is 39.6 Å². The average molecular weight is 662 g/mol. The lowest BCUT2D eigenvalue weighted by Crippen LogP contribution is -1.98. The summed E-state index contributed by atoms with van der Waals surface area (Å²) >= 11 is 3.75. The summed E-state index contributed by atoms with van der Waals surface area (Å²) in [6, 6.07) is 58.2. The molecule has 0 unspecified atom stereocenters. The van der Waals surface area contributed by atoms with Crippen LogP contribution in [0.4, 0.5) is 0 Å². The number of benzene rings is 7. The van der Waals surface area contributed by atoms with Crippen LogP contribution in [0, 0.1) is 0 Å². The van der Waals surface area contributed by atoms with E-state index in [0.717, 1.165) is 39.6 Å². The lowest BCUT2D eigenvalue weighted by molar-refractivity contribution is 1.11. The van der Waals surface area contributed by atoms with Gasteiger partial charge in [-0.15, -0.1) is 0 Å². The van der Waals surface area contributed by atoms with Crippen LogP contribution >= 0.6 is 23.5 Å². The van der Waals surface area contributed by atoms with Crippen molar-refractivity contribution >= 4 is 56.1 Å². The predicted octanol–water partition coefficient (Wildman–Crippen LogP) is 12.3. The number of fused-ring (bicyclic) bond motifs is 8. The van der Waals surface area contributed by atoms with E-state index in [9.17, 15) is 0 Å². The molecule has 230 valence electrons. The molecule has 5 heteroatoms. The molecule has 0 bridgehead atoms. The molecule has 2 aromatic heterocycles. The summed E-state index contributed by atoms with van der Waals surface area (Å²) in [5, 5.41) is 5.09. The maximum atomic E-state index is 5.08. The molecule has 0 saturated carbocycles. The van der Waals surface area contributed by atoms with Gasteiger partial charge in [0.05, 0.1) is 27.3 Å². The fourth-order valence-corrected chi connectivity index (χ4v) is 9.35. The Hall–Kier alpha value is -5.62. The van der Waals surface area contributed by atoms with Crippen molar-refractivity contribution in [3.63, 3.8) is 0 Å². The number of hydrogen-bond donors (Lipinski definition) is 0. The third-order valence-electron chi connectivity index (χ3n) is 9.27. The van der Waals surface area contributed by atoms with Gasteiger partial charge in [-0.3, -0.25) is 0 Å². The van der Waals surface area contributed by atoms with E-state index in [0.29, 0.717) is 0 Å². The van der Waals surface area contributed by atoms with E-state index in [2.05, 4.69) is 144 Å². The molecule has 0 atom stereocenters. The molecule has 0 aliphatic carbocycles. The molecule has 0 saturated heterocycles. The minimum atomic E-state index is 0.719. The monoisotopic (exact) mass is 661 g/mol. The van der Waals surface area contributed by atoms with E-state index < -0.39 is 0 Å². The zero-order chi connectivity index (χ0) is 32.3. The van der Waals surface area contributed by atoms with Gasteiger partial charge in [0, 0.05) is 47.8 Å². The lowest BCUT2D eigenvalue weighted by Gasteiger charge is -2.20. The topological polar surface area (TPSA) is 30.7 Å². The van der Waals surface area contributed by atoms with Gasteiger partial charge in [0.2, 0.25) is 0 Å². The molecule has 0 fully saturated rings. The molecule has 1 aliphatic rings. The van der Waals surface area contributed by atoms with Crippen molar-refractivity contribution < 1.29 is 0 Å². The van der Waals surface area contributed by atoms with Crippen LogP contribution in [0.3, 0.4) is 0 Å². The first kappa shape index (κ1) is 28.4. The van der Waals surface area contributed by atoms with Crippen LogP contribution in [0.1, 0.15) is 0 Å². The molecular formula is C44H27N3S2. The number of nitrogens with zero attached hydrogens (tertiary/aromatic N) is 3. The van der Waals surface area contributed by atoms with Crippen LogP contribution in [-0.4, -0.2) is 14.5 Å². The summed E-state index contributed by atoms with van der Waals surface area (Å²) in [5.74, 6) is 0.719. The quantitative estimate of drug-likeness (QED) is 0.188. The molecular weight excluding hydrogens is 635 g/mol. The molecule has 0 radical (unpaired) electrons. The molecule has 0 amide bonds. The van der Waals surface area contributed by atoms with Crippen molar-refractivity contribution in [1.29, 1.82) is 0 Å². The van der Waals surface area contributed by atoms with Gasteiger partial charge in [0.25, 0.3) is 0 Å². The van der Waals surface area contributed by atoms with E-state index in [1.165, 1.54) is 52.2 Å². The molecule has 1 aliphatic heterocycles. The Bertz CT molecular complexity index is 2640. The van der Waals surface area contributed by atoms with Crippen molar-refractivity contribution in [2.45, 2.75) is 19.6 Å². The van der Waals surface area contributed by atoms with Crippen molar-refractivity contribution in [2.75, 3.05) is 0 Å². The highest BCUT2D eigenvalue weighted by atomic mass is 32.2. The zero-order valence-electron chi connectivity index (χ0n) is 26.2. The fraction of sp³-hybridized carbons (Fsp3) is 0. The fourth-order valence-electron chi connectivity index (χ4n) is 6.97. The summed E-state index contributed by atoms with van der Waals surface area (Å²) in [7, 11) is 0. The maximum absolute atomic E-state index is 5.08. The third kappa shape index (κ3) is 4.77. The van der Waals surface area contributed by atoms with E-state index in [-0.39, 0.29) is 0 Å². The van der Waals surface area contributed by atoms with Gasteiger partial charge < -0.3 is 4.57 Å². The van der Waals surface area contributed by atoms with E-state index in [1.807, 2.05) is 47.8 Å². The first-order valence-electron chi connectivity index (χ1n) is 16.3. The Morgan fingerprint density at radius 1 is 0.449 bits per heavy atom. The first-order valence-corrected chi connectivity index (χ1v) is 18.0. The second-order valence-corrected chi connectivity index (χ2v) is 14.3. The van der Waals surface area contributed by atoms with Crippen LogP contribution in [0.15, 0.2) is 183 Å². The maximum Gasteiger partial charge on any atom is 0.160 e. The van der Waals surface area contributed by atoms with Gasteiger partial charge in [-0.05, 0) is 53.2 Å². The highest BCUT2D eigenvalue weighted by molar-refractivity contribution is 8.05. The molecule has 49 heavy (non-hydrogen) atoms. The van der Waals surface area contributed by atoms with Crippen LogP contribution in [0.25, 0.3) is 72.2 Å². The Morgan fingerprint density at radius 2 is 1.08 bits per heavy atom. The second kappa shape index (κ2) is 11.5. The smallest absolute Gasteiger partial charge is 0.160 e. The Labute approximate surface area is 292 Å². The summed E-state index contributed by atoms with van der Waals surface area (Å²) in [6.45, 7) is 0. The minimum absolute atomic E-state index is 0.719. The zero-order valence-corrected chi connectivity index (χ0v) is 27.9. The van der Waals surface area contributed by atoms with Crippen LogP contribution in [-0.2, 0) is 0 Å². The van der Waals surface area contributed by atoms with Crippen molar-refractivity contribution in [2.24, 2.45) is 0 Å². The second-order valence-electron chi connectivity index (χ2n) is 12.2. The molecule has 3 nitrogen and oxygen atoms in total. The van der Waals surface area contributed by atoms with Gasteiger partial charge in [0.15, 0.2) is 5.82 Å². The van der Waals surface area contributed by atoms with Gasteiger partial charge in [0.1, 0.15) is 0 Å². The number of rotatable bonds is 4. The van der Waals surface area contributed by atoms with Gasteiger partial charge >= 0.3 is 0 Å². The Kier molecular flexibility index (Phi) is 6.67. The molecule has 7 aromatic carbocycles. The molecule has 3 heterocycles. The molecule has 10 rings (SSSR count). The van der Waals surface area contributed by atoms with Crippen LogP contribution in [0.2, 0.25) is 0 Å². The van der Waals surface area contributed by atoms with E-state index >= 15 is 0 Å². The van der Waals surface area contributed by atoms with Crippen molar-refractivity contribution in [1.82, 2.24) is 14.5 Å². The van der Waals surface area contributed by atoms with Crippen LogP contribution in [0.5, 0.6) is 0 Å². The lowest BCUT2D eigenvalue weighted by atomic mass is 10.0. The Balaban J connectivity index is 1.17. The van der Waals surface area contributed by atoms with E-state index in [4.69, 9.17) is 9.97 Å². The molecule has 9 aromatic rings. The standard InChI is InChI=1S/C44H27N3S2/c1-3-12-29(13-4-1)35-27-36(46-44(45-35)31-14-5-2-6-15-31)30-19-22-32(23-20-30)47-37-25-21-28-11-7-8-16-33(28)41(37)34-24-26-40-43(42(34)47)49-39-18-10-9-17-38(39)48-40/h1-27H. The van der Waals surface area contributed by atoms with Gasteiger partial charge in [-0.2, -0.15) is 0 Å². The first-order chi connectivity index (χ1) is 24.3. The minimum Gasteiger partial charge on any atom is -0.308 e. The van der Waals surface area contributed by atoms with Gasteiger partial charge in [-0.1, -0.05) is 145 Å². The predicted molar refractivity (Wildman–Crippen MR) is 205 cm³/mol. The molecule has 0 spiro atoms. The summed E-state index contributed by atoms with van der Waals surface area (Å²) in [6.07, 6.45) is 0. The highest BCUT2D eigenvalue weighted by Gasteiger charge is 2.24. The largest absolute Gasteiger partial charge is 0.308 e. The average Bonchev–Trinajstić information content (AvgIpc) is 3.53. The highest BCUT2D eigenvalue weighted by Crippen LogP contribution is 2.53. The SMILES string of the molecule is c1ccc(-c2cc(-c3ccc(-n4c5ccc6ccccc6c5c5ccc6c(c54)Sc4ccccc4S6)cc3)nc(-c3ccccc3)n2)cc1. The number of aromatic nitrogens is 3. The summed E-state index contributed by atoms with van der Waals surface area (Å²) in [4.78, 5) is 15.3. The van der Waals surface area contributed by atoms with Gasteiger partial charge in [-0.25, -0.2) is 9.97 Å². The van der Waals surface area contributed by atoms with Crippen molar-refractivity contribution in [3.05, 3.63) is 164 Å². The van der Waals surface area contributed by atoms with Crippen LogP contribution < -0.4 is 0 Å². The normalized spacial score (nSPS) is 12.3. The Morgan fingerprint density at radius 3 is 1.84 bits per heavy atom. The summed E-state index contributed by atoms with van der Waals surface area (Å²) < 4.78 is 2.46. The summed E-state index contributed by atoms with van der Waals surface area (Å²) in [5.41, 5.74) is 8.50. The van der Waals surface area contributed by atoms with E-state index in [1.54, 1.807) is 0 Å². The third-order valence-corrected chi connectivity index (χ3v) is 11.9.